The highest BCUT2D eigenvalue weighted by Gasteiger charge is 2.30. The maximum absolute atomic E-state index is 11.7. The Morgan fingerprint density at radius 1 is 1.39 bits per heavy atom. The molecule has 1 N–H and O–H groups in total. The average Bonchev–Trinajstić information content (AvgIpc) is 2.69. The van der Waals surface area contributed by atoms with Gasteiger partial charge >= 0.3 is 5.97 Å². The number of hydrogen-bond acceptors (Lipinski definition) is 5. The molecule has 6 heteroatoms. The van der Waals surface area contributed by atoms with Crippen LogP contribution in [-0.2, 0) is 16.1 Å². The maximum Gasteiger partial charge on any atom is 0.341 e. The van der Waals surface area contributed by atoms with E-state index >= 15 is 0 Å². The van der Waals surface area contributed by atoms with E-state index < -0.39 is 5.97 Å². The topological polar surface area (TPSA) is 73.9 Å². The van der Waals surface area contributed by atoms with E-state index in [1.807, 2.05) is 0 Å². The molecule has 1 aromatic rings. The van der Waals surface area contributed by atoms with Crippen LogP contribution < -0.4 is 14.8 Å². The average molecular weight is 251 g/mol. The fraction of sp³-hybridized carbons (Fsp3) is 0.333. The largest absolute Gasteiger partial charge is 0.493 e. The lowest BCUT2D eigenvalue weighted by atomic mass is 10.1. The Kier molecular flexibility index (Phi) is 3.10. The van der Waals surface area contributed by atoms with E-state index in [0.717, 1.165) is 0 Å². The van der Waals surface area contributed by atoms with Gasteiger partial charge in [0.2, 0.25) is 5.91 Å². The van der Waals surface area contributed by atoms with E-state index in [0.29, 0.717) is 28.3 Å². The third-order valence-electron chi connectivity index (χ3n) is 2.62. The second-order valence-electron chi connectivity index (χ2n) is 3.78. The maximum atomic E-state index is 11.7. The smallest absolute Gasteiger partial charge is 0.341 e. The Balaban J connectivity index is 2.67. The van der Waals surface area contributed by atoms with Crippen molar-refractivity contribution in [3.05, 3.63) is 17.2 Å². The molecule has 0 aromatic heterocycles. The molecular weight excluding hydrogens is 238 g/mol. The fourth-order valence-corrected chi connectivity index (χ4v) is 1.91. The van der Waals surface area contributed by atoms with Crippen molar-refractivity contribution in [2.75, 3.05) is 19.5 Å². The van der Waals surface area contributed by atoms with Gasteiger partial charge in [-0.1, -0.05) is 0 Å². The van der Waals surface area contributed by atoms with Crippen LogP contribution in [-0.4, -0.2) is 26.1 Å². The number of carbonyl (C=O) groups is 2. The number of amides is 1. The standard InChI is InChI=1S/C12H13NO5/c1-6(14)13-10-9-7(5-18-12(9)15)4-8(16-2)11(10)17-3/h4H,5H2,1-3H3,(H,13,14). The molecule has 0 unspecified atom stereocenters. The van der Waals surface area contributed by atoms with E-state index in [1.165, 1.54) is 21.1 Å². The molecule has 0 bridgehead atoms. The van der Waals surface area contributed by atoms with Gasteiger partial charge in [-0.25, -0.2) is 4.79 Å². The number of hydrogen-bond donors (Lipinski definition) is 1. The normalized spacial score (nSPS) is 12.7. The SMILES string of the molecule is COc1cc2c(c(NC(C)=O)c1OC)C(=O)OC2. The second kappa shape index (κ2) is 4.56. The molecule has 0 fully saturated rings. The number of anilines is 1. The monoisotopic (exact) mass is 251 g/mol. The number of benzene rings is 1. The molecule has 1 aromatic carbocycles. The van der Waals surface area contributed by atoms with Crippen molar-refractivity contribution in [3.63, 3.8) is 0 Å². The molecular formula is C12H13NO5. The molecule has 6 nitrogen and oxygen atoms in total. The Morgan fingerprint density at radius 2 is 2.11 bits per heavy atom. The van der Waals surface area contributed by atoms with Gasteiger partial charge in [-0.2, -0.15) is 0 Å². The summed E-state index contributed by atoms with van der Waals surface area (Å²) in [6.07, 6.45) is 0. The van der Waals surface area contributed by atoms with E-state index in [9.17, 15) is 9.59 Å². The van der Waals surface area contributed by atoms with Crippen molar-refractivity contribution < 1.29 is 23.8 Å². The van der Waals surface area contributed by atoms with Gasteiger partial charge in [0.15, 0.2) is 11.5 Å². The van der Waals surface area contributed by atoms with Gasteiger partial charge in [0.25, 0.3) is 0 Å². The van der Waals surface area contributed by atoms with Crippen LogP contribution >= 0.6 is 0 Å². The van der Waals surface area contributed by atoms with E-state index in [2.05, 4.69) is 5.32 Å². The van der Waals surface area contributed by atoms with Crippen molar-refractivity contribution in [1.82, 2.24) is 0 Å². The van der Waals surface area contributed by atoms with Crippen LogP contribution in [0.2, 0.25) is 0 Å². The van der Waals surface area contributed by atoms with Gasteiger partial charge in [0, 0.05) is 12.5 Å². The third kappa shape index (κ3) is 1.85. The van der Waals surface area contributed by atoms with Crippen LogP contribution in [0.3, 0.4) is 0 Å². The van der Waals surface area contributed by atoms with Crippen molar-refractivity contribution in [3.8, 4) is 11.5 Å². The molecule has 1 aliphatic rings. The second-order valence-corrected chi connectivity index (χ2v) is 3.78. The molecule has 0 radical (unpaired) electrons. The summed E-state index contributed by atoms with van der Waals surface area (Å²) in [5, 5.41) is 2.59. The number of nitrogens with one attached hydrogen (secondary N) is 1. The number of fused-ring (bicyclic) bond motifs is 1. The zero-order chi connectivity index (χ0) is 13.3. The first-order chi connectivity index (χ1) is 8.58. The predicted octanol–water partition coefficient (Wildman–Crippen LogP) is 1.33. The summed E-state index contributed by atoms with van der Waals surface area (Å²) in [4.78, 5) is 22.9. The van der Waals surface area contributed by atoms with E-state index in [-0.39, 0.29) is 12.5 Å². The van der Waals surface area contributed by atoms with E-state index in [1.54, 1.807) is 6.07 Å². The van der Waals surface area contributed by atoms with Gasteiger partial charge in [-0.15, -0.1) is 0 Å². The summed E-state index contributed by atoms with van der Waals surface area (Å²) in [6.45, 7) is 1.52. The molecule has 96 valence electrons. The summed E-state index contributed by atoms with van der Waals surface area (Å²) in [5.74, 6) is -0.0262. The van der Waals surface area contributed by atoms with Crippen LogP contribution in [0.25, 0.3) is 0 Å². The van der Waals surface area contributed by atoms with Crippen LogP contribution in [0.1, 0.15) is 22.8 Å². The Hall–Kier alpha value is -2.24. The quantitative estimate of drug-likeness (QED) is 0.820. The Bertz CT molecular complexity index is 524. The lowest BCUT2D eigenvalue weighted by molar-refractivity contribution is -0.114. The highest BCUT2D eigenvalue weighted by molar-refractivity contribution is 6.05. The highest BCUT2D eigenvalue weighted by Crippen LogP contribution is 2.42. The Labute approximate surface area is 104 Å². The van der Waals surface area contributed by atoms with Gasteiger partial charge < -0.3 is 19.5 Å². The van der Waals surface area contributed by atoms with Crippen LogP contribution in [0.4, 0.5) is 5.69 Å². The van der Waals surface area contributed by atoms with Crippen molar-refractivity contribution in [1.29, 1.82) is 0 Å². The van der Waals surface area contributed by atoms with Crippen LogP contribution in [0.15, 0.2) is 6.07 Å². The minimum Gasteiger partial charge on any atom is -0.493 e. The molecule has 0 spiro atoms. The molecule has 0 saturated carbocycles. The zero-order valence-electron chi connectivity index (χ0n) is 10.3. The van der Waals surface area contributed by atoms with E-state index in [4.69, 9.17) is 14.2 Å². The molecule has 18 heavy (non-hydrogen) atoms. The highest BCUT2D eigenvalue weighted by atomic mass is 16.5. The summed E-state index contributed by atoms with van der Waals surface area (Å²) < 4.78 is 15.3. The summed E-state index contributed by atoms with van der Waals surface area (Å²) >= 11 is 0. The van der Waals surface area contributed by atoms with Crippen molar-refractivity contribution >= 4 is 17.6 Å². The minimum absolute atomic E-state index is 0.168. The lowest BCUT2D eigenvalue weighted by Crippen LogP contribution is -2.12. The molecule has 1 aliphatic heterocycles. The lowest BCUT2D eigenvalue weighted by Gasteiger charge is -2.15. The van der Waals surface area contributed by atoms with Crippen molar-refractivity contribution in [2.45, 2.75) is 13.5 Å². The van der Waals surface area contributed by atoms with Crippen molar-refractivity contribution in [2.24, 2.45) is 0 Å². The molecule has 0 aliphatic carbocycles. The van der Waals surface area contributed by atoms with Gasteiger partial charge in [-0.05, 0) is 6.07 Å². The van der Waals surface area contributed by atoms with Gasteiger partial charge in [0.05, 0.1) is 19.8 Å². The first-order valence-electron chi connectivity index (χ1n) is 5.31. The van der Waals surface area contributed by atoms with Gasteiger partial charge in [0.1, 0.15) is 12.3 Å². The number of carbonyl (C=O) groups excluding carboxylic acids is 2. The predicted molar refractivity (Wildman–Crippen MR) is 63.0 cm³/mol. The minimum atomic E-state index is -0.477. The first kappa shape index (κ1) is 12.2. The molecule has 0 saturated heterocycles. The molecule has 1 amide bonds. The zero-order valence-corrected chi connectivity index (χ0v) is 10.3. The summed E-state index contributed by atoms with van der Waals surface area (Å²) in [7, 11) is 2.93. The van der Waals surface area contributed by atoms with Crippen LogP contribution in [0, 0.1) is 0 Å². The first-order valence-corrected chi connectivity index (χ1v) is 5.31. The molecule has 1 heterocycles. The fourth-order valence-electron chi connectivity index (χ4n) is 1.91. The number of esters is 1. The van der Waals surface area contributed by atoms with Gasteiger partial charge in [-0.3, -0.25) is 4.79 Å². The summed E-state index contributed by atoms with van der Waals surface area (Å²) in [6, 6.07) is 1.67. The molecule has 2 rings (SSSR count). The van der Waals surface area contributed by atoms with Crippen LogP contribution in [0.5, 0.6) is 11.5 Å². The molecule has 0 atom stereocenters. The number of methoxy groups -OCH3 is 2. The number of ether oxygens (including phenoxy) is 3. The number of cyclic esters (lactones) is 1. The number of rotatable bonds is 3. The Morgan fingerprint density at radius 3 is 2.67 bits per heavy atom. The third-order valence-corrected chi connectivity index (χ3v) is 2.62. The summed E-state index contributed by atoms with van der Waals surface area (Å²) in [5.41, 5.74) is 1.28.